The molecular formula is C19H14Cl3N5O3. The van der Waals surface area contributed by atoms with Crippen LogP contribution in [-0.2, 0) is 14.4 Å². The fraction of sp³-hybridized carbons (Fsp3) is 0.158. The number of imide groups is 1. The SMILES string of the molecule is CC1=NN(C(=O)CC(=O)Nc2ccc(Cl)cc2)C(=O)C1N=Nc1cc(Cl)ccc1Cl. The summed E-state index contributed by atoms with van der Waals surface area (Å²) in [6.45, 7) is 1.53. The summed E-state index contributed by atoms with van der Waals surface area (Å²) in [5.74, 6) is -2.10. The average Bonchev–Trinajstić information content (AvgIpc) is 2.98. The van der Waals surface area contributed by atoms with Gasteiger partial charge in [-0.05, 0) is 49.4 Å². The summed E-state index contributed by atoms with van der Waals surface area (Å²) in [5.41, 5.74) is 1.000. The van der Waals surface area contributed by atoms with Crippen molar-refractivity contribution in [3.63, 3.8) is 0 Å². The van der Waals surface area contributed by atoms with E-state index >= 15 is 0 Å². The molecule has 1 unspecified atom stereocenters. The number of carbonyl (C=O) groups is 3. The van der Waals surface area contributed by atoms with Crippen LogP contribution in [-0.4, -0.2) is 34.5 Å². The molecule has 3 amide bonds. The molecule has 0 bridgehead atoms. The van der Waals surface area contributed by atoms with Crippen molar-refractivity contribution in [1.82, 2.24) is 5.01 Å². The highest BCUT2D eigenvalue weighted by Crippen LogP contribution is 2.29. The van der Waals surface area contributed by atoms with E-state index in [1.165, 1.54) is 13.0 Å². The van der Waals surface area contributed by atoms with Gasteiger partial charge in [0.15, 0.2) is 6.04 Å². The second-order valence-electron chi connectivity index (χ2n) is 6.23. The molecule has 30 heavy (non-hydrogen) atoms. The number of rotatable bonds is 5. The van der Waals surface area contributed by atoms with Crippen molar-refractivity contribution >= 4 is 69.6 Å². The number of halogens is 3. The highest BCUT2D eigenvalue weighted by molar-refractivity contribution is 6.35. The number of nitrogens with one attached hydrogen (secondary N) is 1. The van der Waals surface area contributed by atoms with Gasteiger partial charge in [0.2, 0.25) is 5.91 Å². The number of carbonyl (C=O) groups excluding carboxylic acids is 3. The van der Waals surface area contributed by atoms with Crippen LogP contribution in [0.4, 0.5) is 11.4 Å². The second kappa shape index (κ2) is 9.34. The highest BCUT2D eigenvalue weighted by atomic mass is 35.5. The molecule has 1 atom stereocenters. The first kappa shape index (κ1) is 21.9. The topological polar surface area (TPSA) is 104 Å². The van der Waals surface area contributed by atoms with Crippen LogP contribution in [0.3, 0.4) is 0 Å². The molecule has 1 heterocycles. The Bertz CT molecular complexity index is 1070. The van der Waals surface area contributed by atoms with Crippen LogP contribution in [0.25, 0.3) is 0 Å². The number of nitrogens with zero attached hydrogens (tertiary/aromatic N) is 4. The van der Waals surface area contributed by atoms with Crippen molar-refractivity contribution in [2.75, 3.05) is 5.32 Å². The molecule has 0 radical (unpaired) electrons. The smallest absolute Gasteiger partial charge is 0.282 e. The van der Waals surface area contributed by atoms with E-state index in [-0.39, 0.29) is 11.4 Å². The number of hydrogen-bond donors (Lipinski definition) is 1. The van der Waals surface area contributed by atoms with Crippen LogP contribution >= 0.6 is 34.8 Å². The van der Waals surface area contributed by atoms with Crippen molar-refractivity contribution in [2.24, 2.45) is 15.3 Å². The van der Waals surface area contributed by atoms with Gasteiger partial charge in [-0.2, -0.15) is 20.3 Å². The van der Waals surface area contributed by atoms with Crippen LogP contribution in [0.15, 0.2) is 57.8 Å². The predicted octanol–water partition coefficient (Wildman–Crippen LogP) is 4.87. The van der Waals surface area contributed by atoms with Crippen LogP contribution in [0.5, 0.6) is 0 Å². The lowest BCUT2D eigenvalue weighted by molar-refractivity contribution is -0.144. The first-order valence-corrected chi connectivity index (χ1v) is 9.71. The Morgan fingerprint density at radius 1 is 1.10 bits per heavy atom. The van der Waals surface area contributed by atoms with Gasteiger partial charge < -0.3 is 5.32 Å². The van der Waals surface area contributed by atoms with Crippen LogP contribution in [0, 0.1) is 0 Å². The highest BCUT2D eigenvalue weighted by Gasteiger charge is 2.38. The van der Waals surface area contributed by atoms with Crippen molar-refractivity contribution in [1.29, 1.82) is 0 Å². The molecule has 8 nitrogen and oxygen atoms in total. The number of hydrazone groups is 1. The summed E-state index contributed by atoms with van der Waals surface area (Å²) < 4.78 is 0. The molecular weight excluding hydrogens is 453 g/mol. The van der Waals surface area contributed by atoms with E-state index in [9.17, 15) is 14.4 Å². The third kappa shape index (κ3) is 5.21. The van der Waals surface area contributed by atoms with Gasteiger partial charge in [0.25, 0.3) is 11.8 Å². The molecule has 11 heteroatoms. The molecule has 2 aromatic carbocycles. The Balaban J connectivity index is 1.64. The minimum atomic E-state index is -1.09. The molecule has 2 aromatic rings. The van der Waals surface area contributed by atoms with Crippen LogP contribution in [0.1, 0.15) is 13.3 Å². The zero-order valence-electron chi connectivity index (χ0n) is 15.5. The average molecular weight is 467 g/mol. The Hall–Kier alpha value is -2.81. The van der Waals surface area contributed by atoms with E-state index in [0.717, 1.165) is 0 Å². The fourth-order valence-corrected chi connectivity index (χ4v) is 2.95. The maximum Gasteiger partial charge on any atom is 0.282 e. The molecule has 3 rings (SSSR count). The van der Waals surface area contributed by atoms with E-state index in [1.807, 2.05) is 0 Å². The quantitative estimate of drug-likeness (QED) is 0.502. The van der Waals surface area contributed by atoms with Crippen LogP contribution in [0.2, 0.25) is 15.1 Å². The number of anilines is 1. The van der Waals surface area contributed by atoms with Crippen molar-refractivity contribution < 1.29 is 14.4 Å². The molecule has 0 saturated carbocycles. The van der Waals surface area contributed by atoms with E-state index < -0.39 is 30.2 Å². The zero-order chi connectivity index (χ0) is 21.8. The van der Waals surface area contributed by atoms with Crippen molar-refractivity contribution in [3.8, 4) is 0 Å². The molecule has 0 fully saturated rings. The summed E-state index contributed by atoms with van der Waals surface area (Å²) in [6, 6.07) is 9.90. The number of amides is 3. The second-order valence-corrected chi connectivity index (χ2v) is 7.51. The molecule has 0 aliphatic carbocycles. The van der Waals surface area contributed by atoms with E-state index in [1.54, 1.807) is 36.4 Å². The van der Waals surface area contributed by atoms with Crippen molar-refractivity contribution in [2.45, 2.75) is 19.4 Å². The lowest BCUT2D eigenvalue weighted by atomic mass is 10.2. The monoisotopic (exact) mass is 465 g/mol. The number of benzene rings is 2. The largest absolute Gasteiger partial charge is 0.326 e. The maximum atomic E-state index is 12.5. The molecule has 1 aliphatic heterocycles. The molecule has 1 N–H and O–H groups in total. The fourth-order valence-electron chi connectivity index (χ4n) is 2.50. The Morgan fingerprint density at radius 2 is 1.77 bits per heavy atom. The predicted molar refractivity (Wildman–Crippen MR) is 114 cm³/mol. The van der Waals surface area contributed by atoms with Gasteiger partial charge in [-0.1, -0.05) is 34.8 Å². The third-order valence-electron chi connectivity index (χ3n) is 3.96. The summed E-state index contributed by atoms with van der Waals surface area (Å²) >= 11 is 17.7. The molecule has 154 valence electrons. The lowest BCUT2D eigenvalue weighted by Gasteiger charge is -2.11. The van der Waals surface area contributed by atoms with Crippen LogP contribution < -0.4 is 5.32 Å². The minimum absolute atomic E-state index is 0.258. The molecule has 1 aliphatic rings. The lowest BCUT2D eigenvalue weighted by Crippen LogP contribution is -2.36. The van der Waals surface area contributed by atoms with Gasteiger partial charge >= 0.3 is 0 Å². The number of azo groups is 1. The standard InChI is InChI=1S/C19H14Cl3N5O3/c1-10-18(25-24-15-8-12(21)4-7-14(15)22)19(30)27(26-10)17(29)9-16(28)23-13-5-2-11(20)3-6-13/h2-8,18H,9H2,1H3,(H,23,28). The molecule has 0 spiro atoms. The Labute approximate surface area is 186 Å². The van der Waals surface area contributed by atoms with Gasteiger partial charge in [-0.15, -0.1) is 0 Å². The first-order chi connectivity index (χ1) is 14.2. The van der Waals surface area contributed by atoms with Gasteiger partial charge in [-0.3, -0.25) is 14.4 Å². The Morgan fingerprint density at radius 3 is 2.47 bits per heavy atom. The minimum Gasteiger partial charge on any atom is -0.326 e. The molecule has 0 saturated heterocycles. The maximum absolute atomic E-state index is 12.5. The zero-order valence-corrected chi connectivity index (χ0v) is 17.7. The van der Waals surface area contributed by atoms with Gasteiger partial charge in [0.1, 0.15) is 12.1 Å². The molecule has 0 aromatic heterocycles. The van der Waals surface area contributed by atoms with Gasteiger partial charge in [0, 0.05) is 15.7 Å². The summed E-state index contributed by atoms with van der Waals surface area (Å²) in [7, 11) is 0. The summed E-state index contributed by atoms with van der Waals surface area (Å²) in [6.07, 6.45) is -0.574. The third-order valence-corrected chi connectivity index (χ3v) is 4.77. The van der Waals surface area contributed by atoms with Gasteiger partial charge in [0.05, 0.1) is 10.7 Å². The summed E-state index contributed by atoms with van der Waals surface area (Å²) in [5, 5.41) is 16.2. The Kier molecular flexibility index (Phi) is 6.81. The number of hydrogen-bond acceptors (Lipinski definition) is 6. The van der Waals surface area contributed by atoms with E-state index in [4.69, 9.17) is 34.8 Å². The summed E-state index contributed by atoms with van der Waals surface area (Å²) in [4.78, 5) is 37.0. The van der Waals surface area contributed by atoms with E-state index in [0.29, 0.717) is 25.8 Å². The van der Waals surface area contributed by atoms with Crippen molar-refractivity contribution in [3.05, 3.63) is 57.5 Å². The first-order valence-electron chi connectivity index (χ1n) is 8.58. The van der Waals surface area contributed by atoms with Gasteiger partial charge in [-0.25, -0.2) is 0 Å². The van der Waals surface area contributed by atoms with E-state index in [2.05, 4.69) is 20.6 Å². The normalized spacial score (nSPS) is 16.1.